The van der Waals surface area contributed by atoms with Gasteiger partial charge in [-0.25, -0.2) is 9.59 Å². The Bertz CT molecular complexity index is 910. The van der Waals surface area contributed by atoms with Gasteiger partial charge < -0.3 is 44.8 Å². The van der Waals surface area contributed by atoms with E-state index in [-0.39, 0.29) is 24.2 Å². The van der Waals surface area contributed by atoms with E-state index in [9.17, 15) is 45.0 Å². The second-order valence-corrected chi connectivity index (χ2v) is 7.10. The highest BCUT2D eigenvalue weighted by Crippen LogP contribution is 2.36. The molecule has 12 heteroatoms. The predicted octanol–water partition coefficient (Wildman–Crippen LogP) is 1.11. The number of esters is 2. The van der Waals surface area contributed by atoms with Crippen LogP contribution in [0.1, 0.15) is 27.6 Å². The van der Waals surface area contributed by atoms with Gasteiger partial charge in [-0.2, -0.15) is 0 Å². The van der Waals surface area contributed by atoms with Crippen LogP contribution in [-0.4, -0.2) is 68.9 Å². The molecule has 0 unspecified atom stereocenters. The van der Waals surface area contributed by atoms with Gasteiger partial charge in [0.05, 0.1) is 16.5 Å². The van der Waals surface area contributed by atoms with Crippen molar-refractivity contribution in [3.8, 4) is 34.5 Å². The molecule has 6 N–H and O–H groups in total. The van der Waals surface area contributed by atoms with Gasteiger partial charge in [0, 0.05) is 0 Å². The number of carbonyl (C=O) groups excluding carboxylic acids is 3. The Kier molecular flexibility index (Phi) is 7.21. The highest BCUT2D eigenvalue weighted by molar-refractivity contribution is 5.91. The lowest BCUT2D eigenvalue weighted by molar-refractivity contribution is -0.133. The summed E-state index contributed by atoms with van der Waals surface area (Å²) in [5, 5.41) is 56.7. The van der Waals surface area contributed by atoms with Crippen molar-refractivity contribution in [3.05, 3.63) is 35.4 Å². The summed E-state index contributed by atoms with van der Waals surface area (Å²) in [6.07, 6.45) is 0. The Labute approximate surface area is 180 Å². The Morgan fingerprint density at radius 1 is 0.750 bits per heavy atom. The smallest absolute Gasteiger partial charge is 0.338 e. The van der Waals surface area contributed by atoms with Gasteiger partial charge in [0.2, 0.25) is 0 Å². The lowest BCUT2D eigenvalue weighted by atomic mass is 9.94. The van der Waals surface area contributed by atoms with E-state index in [0.29, 0.717) is 0 Å². The van der Waals surface area contributed by atoms with E-state index in [1.807, 2.05) is 0 Å². The zero-order valence-electron chi connectivity index (χ0n) is 16.6. The molecule has 32 heavy (non-hydrogen) atoms. The average molecular weight is 452 g/mol. The second-order valence-electron chi connectivity index (χ2n) is 7.10. The molecule has 0 saturated carbocycles. The summed E-state index contributed by atoms with van der Waals surface area (Å²) in [6.45, 7) is 0.362. The van der Waals surface area contributed by atoms with Gasteiger partial charge in [-0.1, -0.05) is 0 Å². The Hall–Kier alpha value is -4.35. The van der Waals surface area contributed by atoms with Crippen molar-refractivity contribution in [3.63, 3.8) is 0 Å². The minimum Gasteiger partial charge on any atom is -0.504 e. The molecule has 0 aliphatic heterocycles. The first kappa shape index (κ1) is 23.9. The third-order valence-corrected chi connectivity index (χ3v) is 4.21. The fourth-order valence-corrected chi connectivity index (χ4v) is 2.45. The summed E-state index contributed by atoms with van der Waals surface area (Å²) in [5.41, 5.74) is -1.82. The zero-order valence-corrected chi connectivity index (χ0v) is 16.6. The summed E-state index contributed by atoms with van der Waals surface area (Å²) < 4.78 is 14.9. The van der Waals surface area contributed by atoms with E-state index in [2.05, 4.69) is 0 Å². The molecule has 12 nitrogen and oxygen atoms in total. The number of carbonyl (C=O) groups is 3. The van der Waals surface area contributed by atoms with Gasteiger partial charge in [0.15, 0.2) is 34.5 Å². The quantitative estimate of drug-likeness (QED) is 0.137. The van der Waals surface area contributed by atoms with E-state index >= 15 is 0 Å². The molecule has 0 aliphatic carbocycles. The molecule has 172 valence electrons. The first-order valence-corrected chi connectivity index (χ1v) is 8.87. The van der Waals surface area contributed by atoms with Gasteiger partial charge in [0.1, 0.15) is 19.8 Å². The van der Waals surface area contributed by atoms with Crippen molar-refractivity contribution >= 4 is 18.4 Å². The normalized spacial score (nSPS) is 10.9. The SMILES string of the molecule is CC(COC=O)(COC(=O)c1cc(O)c(O)c(O)c1)COC(=O)c1cc(O)c(O)c(O)c1. The van der Waals surface area contributed by atoms with Crippen LogP contribution in [0.25, 0.3) is 0 Å². The van der Waals surface area contributed by atoms with Gasteiger partial charge in [-0.05, 0) is 31.2 Å². The van der Waals surface area contributed by atoms with Gasteiger partial charge >= 0.3 is 11.9 Å². The van der Waals surface area contributed by atoms with Gasteiger partial charge in [0.25, 0.3) is 6.47 Å². The molecule has 0 fully saturated rings. The summed E-state index contributed by atoms with van der Waals surface area (Å²) in [4.78, 5) is 35.0. The number of phenols is 6. The first-order valence-electron chi connectivity index (χ1n) is 8.87. The van der Waals surface area contributed by atoms with Crippen molar-refractivity contribution in [2.24, 2.45) is 5.41 Å². The molecule has 2 rings (SSSR count). The summed E-state index contributed by atoms with van der Waals surface area (Å²) >= 11 is 0. The fourth-order valence-electron chi connectivity index (χ4n) is 2.45. The molecule has 0 atom stereocenters. The Balaban J connectivity index is 2.09. The van der Waals surface area contributed by atoms with Crippen LogP contribution in [0.2, 0.25) is 0 Å². The molecular formula is C20H20O12. The highest BCUT2D eigenvalue weighted by atomic mass is 16.6. The topological polar surface area (TPSA) is 200 Å². The third kappa shape index (κ3) is 5.62. The maximum absolute atomic E-state index is 12.2. The minimum atomic E-state index is -1.24. The minimum absolute atomic E-state index is 0.133. The fraction of sp³-hybridized carbons (Fsp3) is 0.250. The lowest BCUT2D eigenvalue weighted by Crippen LogP contribution is -2.36. The molecule has 0 spiro atoms. The number of benzene rings is 2. The number of phenolic OH excluding ortho intramolecular Hbond substituents is 6. The molecular weight excluding hydrogens is 432 g/mol. The summed E-state index contributed by atoms with van der Waals surface area (Å²) in [5.74, 6) is -6.65. The van der Waals surface area contributed by atoms with E-state index < -0.39 is 65.1 Å². The number of rotatable bonds is 9. The monoisotopic (exact) mass is 452 g/mol. The summed E-state index contributed by atoms with van der Waals surface area (Å²) in [7, 11) is 0. The van der Waals surface area contributed by atoms with Crippen LogP contribution in [0.15, 0.2) is 24.3 Å². The van der Waals surface area contributed by atoms with Crippen molar-refractivity contribution in [2.75, 3.05) is 19.8 Å². The van der Waals surface area contributed by atoms with Crippen LogP contribution in [-0.2, 0) is 19.0 Å². The maximum atomic E-state index is 12.2. The van der Waals surface area contributed by atoms with Crippen LogP contribution >= 0.6 is 0 Å². The molecule has 2 aromatic rings. The molecule has 0 amide bonds. The van der Waals surface area contributed by atoms with E-state index in [0.717, 1.165) is 24.3 Å². The Morgan fingerprint density at radius 2 is 1.09 bits per heavy atom. The maximum Gasteiger partial charge on any atom is 0.338 e. The molecule has 0 radical (unpaired) electrons. The van der Waals surface area contributed by atoms with E-state index in [4.69, 9.17) is 14.2 Å². The van der Waals surface area contributed by atoms with Gasteiger partial charge in [-0.3, -0.25) is 4.79 Å². The molecule has 0 saturated heterocycles. The van der Waals surface area contributed by atoms with Crippen LogP contribution in [0.3, 0.4) is 0 Å². The van der Waals surface area contributed by atoms with Crippen LogP contribution in [0.4, 0.5) is 0 Å². The average Bonchev–Trinajstić information content (AvgIpc) is 2.75. The second kappa shape index (κ2) is 9.64. The number of hydrogen-bond donors (Lipinski definition) is 6. The standard InChI is InChI=1S/C20H20O12/c1-20(6-30-9-21,7-31-18(28)10-2-12(22)16(26)13(23)3-10)8-32-19(29)11-4-14(24)17(27)15(25)5-11/h2-5,9,22-27H,6-8H2,1H3. The Morgan fingerprint density at radius 3 is 1.41 bits per heavy atom. The van der Waals surface area contributed by atoms with Crippen molar-refractivity contribution in [2.45, 2.75) is 6.92 Å². The third-order valence-electron chi connectivity index (χ3n) is 4.21. The van der Waals surface area contributed by atoms with E-state index in [1.54, 1.807) is 0 Å². The molecule has 2 aromatic carbocycles. The first-order chi connectivity index (χ1) is 15.0. The number of aromatic hydroxyl groups is 6. The molecule has 0 aromatic heterocycles. The predicted molar refractivity (Wildman–Crippen MR) is 104 cm³/mol. The lowest BCUT2D eigenvalue weighted by Gasteiger charge is -2.27. The van der Waals surface area contributed by atoms with Crippen molar-refractivity contribution < 1.29 is 59.2 Å². The zero-order chi connectivity index (χ0) is 24.1. The highest BCUT2D eigenvalue weighted by Gasteiger charge is 2.31. The largest absolute Gasteiger partial charge is 0.504 e. The van der Waals surface area contributed by atoms with Crippen LogP contribution < -0.4 is 0 Å². The number of hydrogen-bond acceptors (Lipinski definition) is 12. The van der Waals surface area contributed by atoms with Crippen molar-refractivity contribution in [1.29, 1.82) is 0 Å². The molecule has 0 heterocycles. The molecule has 0 bridgehead atoms. The van der Waals surface area contributed by atoms with E-state index in [1.165, 1.54) is 6.92 Å². The van der Waals surface area contributed by atoms with Crippen LogP contribution in [0, 0.1) is 5.41 Å². The number of ether oxygens (including phenoxy) is 3. The van der Waals surface area contributed by atoms with Crippen molar-refractivity contribution in [1.82, 2.24) is 0 Å². The molecule has 0 aliphatic rings. The van der Waals surface area contributed by atoms with Crippen LogP contribution in [0.5, 0.6) is 34.5 Å². The summed E-state index contributed by atoms with van der Waals surface area (Å²) in [6, 6.07) is 3.45. The van der Waals surface area contributed by atoms with Gasteiger partial charge in [-0.15, -0.1) is 0 Å².